The van der Waals surface area contributed by atoms with Crippen molar-refractivity contribution < 1.29 is 4.79 Å². The van der Waals surface area contributed by atoms with Gasteiger partial charge in [0.15, 0.2) is 0 Å². The number of nitrogens with one attached hydrogen (secondary N) is 2. The van der Waals surface area contributed by atoms with Crippen molar-refractivity contribution in [1.82, 2.24) is 10.9 Å². The zero-order valence-corrected chi connectivity index (χ0v) is 6.95. The minimum absolute atomic E-state index is 0.136. The van der Waals surface area contributed by atoms with E-state index in [9.17, 15) is 4.79 Å². The Hall–Kier alpha value is -1.35. The molecule has 0 saturated heterocycles. The van der Waals surface area contributed by atoms with Crippen LogP contribution in [0.2, 0.25) is 0 Å². The zero-order chi connectivity index (χ0) is 8.81. The molecular formula is C9H12N2O. The molecule has 0 bridgehead atoms. The summed E-state index contributed by atoms with van der Waals surface area (Å²) in [6.45, 7) is 1.98. The fraction of sp³-hybridized carbons (Fsp3) is 0.222. The van der Waals surface area contributed by atoms with Crippen molar-refractivity contribution in [2.24, 2.45) is 0 Å². The number of amides is 1. The van der Waals surface area contributed by atoms with Gasteiger partial charge in [-0.15, -0.1) is 0 Å². The lowest BCUT2D eigenvalue weighted by atomic mass is 10.1. The van der Waals surface area contributed by atoms with Crippen molar-refractivity contribution >= 4 is 6.41 Å². The third-order valence-corrected chi connectivity index (χ3v) is 1.66. The van der Waals surface area contributed by atoms with E-state index in [-0.39, 0.29) is 6.04 Å². The molecular weight excluding hydrogens is 152 g/mol. The van der Waals surface area contributed by atoms with Crippen LogP contribution in [0.15, 0.2) is 30.3 Å². The number of hydrogen-bond acceptors (Lipinski definition) is 2. The van der Waals surface area contributed by atoms with Gasteiger partial charge in [0.2, 0.25) is 6.41 Å². The number of carbonyl (C=O) groups excluding carboxylic acids is 1. The summed E-state index contributed by atoms with van der Waals surface area (Å²) in [6, 6.07) is 10.0. The molecule has 0 saturated carbocycles. The molecule has 1 amide bonds. The van der Waals surface area contributed by atoms with Gasteiger partial charge >= 0.3 is 0 Å². The van der Waals surface area contributed by atoms with Crippen LogP contribution in [0.4, 0.5) is 0 Å². The van der Waals surface area contributed by atoms with E-state index in [1.54, 1.807) is 0 Å². The van der Waals surface area contributed by atoms with Gasteiger partial charge in [-0.05, 0) is 12.5 Å². The van der Waals surface area contributed by atoms with Crippen molar-refractivity contribution in [2.45, 2.75) is 13.0 Å². The normalized spacial score (nSPS) is 12.1. The number of hydrogen-bond donors (Lipinski definition) is 2. The van der Waals surface area contributed by atoms with Crippen molar-refractivity contribution in [3.05, 3.63) is 35.9 Å². The summed E-state index contributed by atoms with van der Waals surface area (Å²) in [4.78, 5) is 9.97. The minimum Gasteiger partial charge on any atom is -0.294 e. The maximum absolute atomic E-state index is 9.97. The second-order valence-electron chi connectivity index (χ2n) is 2.54. The third-order valence-electron chi connectivity index (χ3n) is 1.66. The van der Waals surface area contributed by atoms with Crippen LogP contribution in [-0.2, 0) is 4.79 Å². The van der Waals surface area contributed by atoms with E-state index in [4.69, 9.17) is 0 Å². The summed E-state index contributed by atoms with van der Waals surface area (Å²) in [5, 5.41) is 0. The van der Waals surface area contributed by atoms with Gasteiger partial charge in [0.05, 0.1) is 0 Å². The van der Waals surface area contributed by atoms with Crippen molar-refractivity contribution in [3.63, 3.8) is 0 Å². The maximum atomic E-state index is 9.97. The van der Waals surface area contributed by atoms with Crippen LogP contribution in [0.5, 0.6) is 0 Å². The quantitative estimate of drug-likeness (QED) is 0.515. The van der Waals surface area contributed by atoms with Crippen LogP contribution < -0.4 is 10.9 Å². The van der Waals surface area contributed by atoms with Crippen LogP contribution in [0, 0.1) is 0 Å². The van der Waals surface area contributed by atoms with Gasteiger partial charge in [-0.1, -0.05) is 30.3 Å². The lowest BCUT2D eigenvalue weighted by molar-refractivity contribution is -0.110. The van der Waals surface area contributed by atoms with Gasteiger partial charge in [0.1, 0.15) is 0 Å². The molecule has 64 valence electrons. The molecule has 3 heteroatoms. The van der Waals surface area contributed by atoms with E-state index in [0.29, 0.717) is 6.41 Å². The summed E-state index contributed by atoms with van der Waals surface area (Å²) in [5.41, 5.74) is 6.39. The molecule has 3 nitrogen and oxygen atoms in total. The van der Waals surface area contributed by atoms with Crippen molar-refractivity contribution in [3.8, 4) is 0 Å². The number of hydrazine groups is 1. The average Bonchev–Trinajstić information content (AvgIpc) is 2.15. The highest BCUT2D eigenvalue weighted by atomic mass is 16.1. The lowest BCUT2D eigenvalue weighted by Crippen LogP contribution is -2.32. The Bertz CT molecular complexity index is 236. The molecule has 0 aliphatic carbocycles. The number of rotatable bonds is 4. The molecule has 0 fully saturated rings. The third kappa shape index (κ3) is 2.36. The fourth-order valence-electron chi connectivity index (χ4n) is 0.984. The minimum atomic E-state index is 0.136. The van der Waals surface area contributed by atoms with E-state index in [1.807, 2.05) is 37.3 Å². The number of carbonyl (C=O) groups is 1. The Labute approximate surface area is 71.8 Å². The van der Waals surface area contributed by atoms with E-state index in [1.165, 1.54) is 0 Å². The molecule has 1 unspecified atom stereocenters. The Morgan fingerprint density at radius 1 is 1.33 bits per heavy atom. The predicted molar refractivity (Wildman–Crippen MR) is 47.2 cm³/mol. The maximum Gasteiger partial charge on any atom is 0.221 e. The summed E-state index contributed by atoms with van der Waals surface area (Å²) in [6.07, 6.45) is 0.624. The highest BCUT2D eigenvalue weighted by molar-refractivity contribution is 5.45. The van der Waals surface area contributed by atoms with Gasteiger partial charge in [0, 0.05) is 6.04 Å². The highest BCUT2D eigenvalue weighted by Crippen LogP contribution is 2.09. The van der Waals surface area contributed by atoms with Crippen LogP contribution in [0.25, 0.3) is 0 Å². The second-order valence-corrected chi connectivity index (χ2v) is 2.54. The molecule has 0 radical (unpaired) electrons. The Morgan fingerprint density at radius 3 is 2.58 bits per heavy atom. The van der Waals surface area contributed by atoms with Crippen molar-refractivity contribution in [2.75, 3.05) is 0 Å². The van der Waals surface area contributed by atoms with E-state index >= 15 is 0 Å². The average molecular weight is 164 g/mol. The monoisotopic (exact) mass is 164 g/mol. The molecule has 0 spiro atoms. The molecule has 1 atom stereocenters. The molecule has 0 aromatic heterocycles. The smallest absolute Gasteiger partial charge is 0.221 e. The molecule has 1 aromatic rings. The standard InChI is InChI=1S/C9H12N2O/c1-8(11-10-7-12)9-5-3-2-4-6-9/h2-8,11H,1H3,(H,10,12). The summed E-state index contributed by atoms with van der Waals surface area (Å²) >= 11 is 0. The van der Waals surface area contributed by atoms with Gasteiger partial charge < -0.3 is 0 Å². The summed E-state index contributed by atoms with van der Waals surface area (Å²) in [7, 11) is 0. The van der Waals surface area contributed by atoms with E-state index in [0.717, 1.165) is 5.56 Å². The van der Waals surface area contributed by atoms with Crippen LogP contribution in [0.1, 0.15) is 18.5 Å². The highest BCUT2D eigenvalue weighted by Gasteiger charge is 2.00. The topological polar surface area (TPSA) is 41.1 Å². The predicted octanol–water partition coefficient (Wildman–Crippen LogP) is 0.998. The van der Waals surface area contributed by atoms with Gasteiger partial charge in [0.25, 0.3) is 0 Å². The summed E-state index contributed by atoms with van der Waals surface area (Å²) < 4.78 is 0. The number of benzene rings is 1. The largest absolute Gasteiger partial charge is 0.294 e. The Kier molecular flexibility index (Phi) is 3.29. The molecule has 12 heavy (non-hydrogen) atoms. The first-order valence-corrected chi connectivity index (χ1v) is 3.84. The summed E-state index contributed by atoms with van der Waals surface area (Å²) in [5.74, 6) is 0. The fourth-order valence-corrected chi connectivity index (χ4v) is 0.984. The van der Waals surface area contributed by atoms with Gasteiger partial charge in [-0.3, -0.25) is 10.2 Å². The van der Waals surface area contributed by atoms with Crippen LogP contribution >= 0.6 is 0 Å². The lowest BCUT2D eigenvalue weighted by Gasteiger charge is -2.11. The molecule has 0 heterocycles. The molecule has 2 N–H and O–H groups in total. The molecule has 0 aliphatic rings. The first-order valence-electron chi connectivity index (χ1n) is 3.84. The first-order chi connectivity index (χ1) is 5.84. The SMILES string of the molecule is CC(NNC=O)c1ccccc1. The molecule has 1 aromatic carbocycles. The Morgan fingerprint density at radius 2 is 2.00 bits per heavy atom. The van der Waals surface area contributed by atoms with Gasteiger partial charge in [-0.2, -0.15) is 0 Å². The zero-order valence-electron chi connectivity index (χ0n) is 6.95. The first kappa shape index (κ1) is 8.74. The molecule has 1 rings (SSSR count). The molecule has 0 aliphatic heterocycles. The van der Waals surface area contributed by atoms with Gasteiger partial charge in [-0.25, -0.2) is 5.43 Å². The van der Waals surface area contributed by atoms with E-state index in [2.05, 4.69) is 10.9 Å². The van der Waals surface area contributed by atoms with E-state index < -0.39 is 0 Å². The van der Waals surface area contributed by atoms with Crippen LogP contribution in [-0.4, -0.2) is 6.41 Å². The Balaban J connectivity index is 2.53. The second kappa shape index (κ2) is 4.51. The van der Waals surface area contributed by atoms with Crippen LogP contribution in [0.3, 0.4) is 0 Å². The van der Waals surface area contributed by atoms with Crippen molar-refractivity contribution in [1.29, 1.82) is 0 Å².